The molecule has 0 amide bonds. The number of oxime groups is 1. The van der Waals surface area contributed by atoms with E-state index in [0.29, 0.717) is 5.71 Å². The van der Waals surface area contributed by atoms with Crippen LogP contribution >= 0.6 is 0 Å². The van der Waals surface area contributed by atoms with Gasteiger partial charge in [0, 0.05) is 7.11 Å². The zero-order chi connectivity index (χ0) is 11.5. The first-order valence-electron chi connectivity index (χ1n) is 4.74. The van der Waals surface area contributed by atoms with Crippen molar-refractivity contribution in [2.45, 2.75) is 37.2 Å². The maximum absolute atomic E-state index is 13.4. The van der Waals surface area contributed by atoms with E-state index in [9.17, 15) is 13.9 Å². The van der Waals surface area contributed by atoms with Crippen LogP contribution in [0.2, 0.25) is 0 Å². The summed E-state index contributed by atoms with van der Waals surface area (Å²) < 4.78 is 31.3. The molecule has 1 fully saturated rings. The van der Waals surface area contributed by atoms with Crippen molar-refractivity contribution < 1.29 is 23.8 Å². The van der Waals surface area contributed by atoms with E-state index in [4.69, 9.17) is 5.21 Å². The predicted molar refractivity (Wildman–Crippen MR) is 49.5 cm³/mol. The van der Waals surface area contributed by atoms with Crippen molar-refractivity contribution in [3.05, 3.63) is 0 Å². The Labute approximate surface area is 86.5 Å². The van der Waals surface area contributed by atoms with Gasteiger partial charge in [0.05, 0.1) is 5.71 Å². The summed E-state index contributed by atoms with van der Waals surface area (Å²) in [5, 5.41) is 21.2. The fourth-order valence-electron chi connectivity index (χ4n) is 1.73. The average Bonchev–Trinajstić information content (AvgIpc) is 2.19. The first-order valence-corrected chi connectivity index (χ1v) is 4.74. The molecule has 0 spiro atoms. The highest BCUT2D eigenvalue weighted by molar-refractivity contribution is 5.84. The first kappa shape index (κ1) is 12.3. The van der Waals surface area contributed by atoms with E-state index in [-0.39, 0.29) is 25.7 Å². The maximum Gasteiger partial charge on any atom is 0.298 e. The summed E-state index contributed by atoms with van der Waals surface area (Å²) in [4.78, 5) is 0. The largest absolute Gasteiger partial charge is 0.411 e. The van der Waals surface area contributed by atoms with Crippen molar-refractivity contribution in [2.24, 2.45) is 5.16 Å². The molecule has 0 atom stereocenters. The van der Waals surface area contributed by atoms with Crippen LogP contribution in [0.5, 0.6) is 0 Å². The lowest BCUT2D eigenvalue weighted by Gasteiger charge is -2.38. The Morgan fingerprint density at radius 1 is 1.47 bits per heavy atom. The quantitative estimate of drug-likeness (QED) is 0.561. The summed E-state index contributed by atoms with van der Waals surface area (Å²) in [5.74, 6) is -3.26. The van der Waals surface area contributed by atoms with Crippen LogP contribution < -0.4 is 0 Å². The zero-order valence-electron chi connectivity index (χ0n) is 8.54. The van der Waals surface area contributed by atoms with Gasteiger partial charge in [0.15, 0.2) is 0 Å². The third kappa shape index (κ3) is 2.43. The first-order chi connectivity index (χ1) is 6.95. The molecule has 0 aromatic carbocycles. The lowest BCUT2D eigenvalue weighted by molar-refractivity contribution is -0.211. The summed E-state index contributed by atoms with van der Waals surface area (Å²) in [6.45, 7) is -0.797. The minimum absolute atomic E-state index is 0.108. The van der Waals surface area contributed by atoms with Crippen LogP contribution in [0, 0.1) is 0 Å². The van der Waals surface area contributed by atoms with Gasteiger partial charge in [-0.3, -0.25) is 0 Å². The minimum Gasteiger partial charge on any atom is -0.411 e. The van der Waals surface area contributed by atoms with Crippen molar-refractivity contribution in [1.29, 1.82) is 0 Å². The van der Waals surface area contributed by atoms with Crippen LogP contribution in [0.4, 0.5) is 8.78 Å². The summed E-state index contributed by atoms with van der Waals surface area (Å²) in [6.07, 6.45) is 0.157. The van der Waals surface area contributed by atoms with Gasteiger partial charge in [-0.2, -0.15) is 0 Å². The van der Waals surface area contributed by atoms with E-state index in [2.05, 4.69) is 9.89 Å². The van der Waals surface area contributed by atoms with E-state index >= 15 is 0 Å². The molecule has 0 bridgehead atoms. The van der Waals surface area contributed by atoms with Crippen LogP contribution in [0.3, 0.4) is 0 Å². The number of methoxy groups -OCH3 is 1. The van der Waals surface area contributed by atoms with Gasteiger partial charge in [0.2, 0.25) is 0 Å². The van der Waals surface area contributed by atoms with Crippen molar-refractivity contribution in [3.8, 4) is 0 Å². The van der Waals surface area contributed by atoms with Crippen LogP contribution in [0.25, 0.3) is 0 Å². The molecular weight excluding hydrogens is 208 g/mol. The number of halogens is 2. The lowest BCUT2D eigenvalue weighted by atomic mass is 9.79. The molecule has 1 aliphatic carbocycles. The number of nitrogens with zero attached hydrogens (tertiary/aromatic N) is 1. The Balaban J connectivity index is 2.69. The molecule has 15 heavy (non-hydrogen) atoms. The number of hydrogen-bond donors (Lipinski definition) is 2. The van der Waals surface area contributed by atoms with Crippen LogP contribution in [-0.2, 0) is 4.74 Å². The Hall–Kier alpha value is -0.750. The number of hydrogen-bond acceptors (Lipinski definition) is 4. The average molecular weight is 223 g/mol. The molecular formula is C9H15F2NO3. The molecule has 0 saturated heterocycles. The number of ether oxygens (including phenoxy) is 1. The third-order valence-corrected chi connectivity index (χ3v) is 2.80. The van der Waals surface area contributed by atoms with Gasteiger partial charge in [-0.1, -0.05) is 5.16 Å². The Bertz CT molecular complexity index is 246. The second-order valence-corrected chi connectivity index (χ2v) is 3.84. The SMILES string of the molecule is COCC(F)(F)C1(O)CCC(=NO)CC1. The van der Waals surface area contributed by atoms with Crippen LogP contribution in [0.1, 0.15) is 25.7 Å². The third-order valence-electron chi connectivity index (χ3n) is 2.80. The molecule has 1 rings (SSSR count). The van der Waals surface area contributed by atoms with E-state index in [0.717, 1.165) is 0 Å². The fourth-order valence-corrected chi connectivity index (χ4v) is 1.73. The predicted octanol–water partition coefficient (Wildman–Crippen LogP) is 1.40. The van der Waals surface area contributed by atoms with E-state index in [1.54, 1.807) is 0 Å². The molecule has 0 aliphatic heterocycles. The van der Waals surface area contributed by atoms with Crippen molar-refractivity contribution in [2.75, 3.05) is 13.7 Å². The number of alkyl halides is 2. The van der Waals surface area contributed by atoms with E-state index in [1.165, 1.54) is 7.11 Å². The van der Waals surface area contributed by atoms with Crippen molar-refractivity contribution in [1.82, 2.24) is 0 Å². The van der Waals surface area contributed by atoms with Crippen molar-refractivity contribution >= 4 is 5.71 Å². The Kier molecular flexibility index (Phi) is 3.62. The smallest absolute Gasteiger partial charge is 0.298 e. The van der Waals surface area contributed by atoms with Gasteiger partial charge in [-0.25, -0.2) is 8.78 Å². The number of rotatable bonds is 3. The van der Waals surface area contributed by atoms with Crippen molar-refractivity contribution in [3.63, 3.8) is 0 Å². The monoisotopic (exact) mass is 223 g/mol. The molecule has 1 saturated carbocycles. The summed E-state index contributed by atoms with van der Waals surface area (Å²) in [7, 11) is 1.17. The topological polar surface area (TPSA) is 62.0 Å². The summed E-state index contributed by atoms with van der Waals surface area (Å²) >= 11 is 0. The zero-order valence-corrected chi connectivity index (χ0v) is 8.54. The van der Waals surface area contributed by atoms with Gasteiger partial charge in [0.1, 0.15) is 12.2 Å². The fraction of sp³-hybridized carbons (Fsp3) is 0.889. The van der Waals surface area contributed by atoms with Gasteiger partial charge in [0.25, 0.3) is 5.92 Å². The molecule has 1 aliphatic rings. The molecule has 0 radical (unpaired) electrons. The van der Waals surface area contributed by atoms with Gasteiger partial charge in [-0.15, -0.1) is 0 Å². The molecule has 2 N–H and O–H groups in total. The summed E-state index contributed by atoms with van der Waals surface area (Å²) in [5.41, 5.74) is -1.59. The molecule has 4 nitrogen and oxygen atoms in total. The second kappa shape index (κ2) is 4.40. The van der Waals surface area contributed by atoms with E-state index in [1.807, 2.05) is 0 Å². The normalized spacial score (nSPS) is 27.9. The number of aliphatic hydroxyl groups is 1. The van der Waals surface area contributed by atoms with Crippen LogP contribution in [-0.4, -0.2) is 41.3 Å². The molecule has 6 heteroatoms. The molecule has 0 unspecified atom stereocenters. The molecule has 0 aromatic heterocycles. The standard InChI is InChI=1S/C9H15F2NO3/c1-15-6-9(10,11)8(13)4-2-7(12-14)3-5-8/h13-14H,2-6H2,1H3. The Morgan fingerprint density at radius 2 is 2.00 bits per heavy atom. The highest BCUT2D eigenvalue weighted by Crippen LogP contribution is 2.39. The van der Waals surface area contributed by atoms with Crippen LogP contribution in [0.15, 0.2) is 5.16 Å². The highest BCUT2D eigenvalue weighted by Gasteiger charge is 2.53. The maximum atomic E-state index is 13.4. The van der Waals surface area contributed by atoms with Gasteiger partial charge >= 0.3 is 0 Å². The van der Waals surface area contributed by atoms with E-state index < -0.39 is 18.1 Å². The molecule has 88 valence electrons. The molecule has 0 aromatic rings. The lowest BCUT2D eigenvalue weighted by Crippen LogP contribution is -2.53. The Morgan fingerprint density at radius 3 is 2.40 bits per heavy atom. The minimum atomic E-state index is -3.26. The molecule has 0 heterocycles. The highest BCUT2D eigenvalue weighted by atomic mass is 19.3. The van der Waals surface area contributed by atoms with Gasteiger partial charge < -0.3 is 15.1 Å². The second-order valence-electron chi connectivity index (χ2n) is 3.84. The van der Waals surface area contributed by atoms with Gasteiger partial charge in [-0.05, 0) is 25.7 Å². The summed E-state index contributed by atoms with van der Waals surface area (Å²) in [6, 6.07) is 0.